The molecule has 0 aliphatic heterocycles. The zero-order valence-corrected chi connectivity index (χ0v) is 8.70. The van der Waals surface area contributed by atoms with Gasteiger partial charge in [-0.15, -0.1) is 0 Å². The van der Waals surface area contributed by atoms with Crippen LogP contribution in [-0.2, 0) is 11.2 Å². The van der Waals surface area contributed by atoms with Gasteiger partial charge >= 0.3 is 5.97 Å². The molecule has 1 aromatic heterocycles. The van der Waals surface area contributed by atoms with Crippen molar-refractivity contribution in [2.75, 3.05) is 7.11 Å². The smallest absolute Gasteiger partial charge is 0.362 e. The Morgan fingerprint density at radius 3 is 2.81 bits per heavy atom. The van der Waals surface area contributed by atoms with E-state index >= 15 is 0 Å². The summed E-state index contributed by atoms with van der Waals surface area (Å²) in [5.41, 5.74) is -0.281. The van der Waals surface area contributed by atoms with E-state index in [1.165, 1.54) is 0 Å². The fourth-order valence-corrected chi connectivity index (χ4v) is 1.68. The molecule has 6 heteroatoms. The molecule has 1 heterocycles. The average Bonchev–Trinajstić information content (AvgIpc) is 2.28. The van der Waals surface area contributed by atoms with E-state index in [1.54, 1.807) is 0 Å². The molecule has 0 saturated heterocycles. The van der Waals surface area contributed by atoms with Crippen LogP contribution in [0.5, 0.6) is 0 Å². The second-order valence-corrected chi connectivity index (χ2v) is 3.51. The number of hydrogen-bond acceptors (Lipinski definition) is 5. The number of aryl methyl sites for hydroxylation is 1. The molecule has 6 nitrogen and oxygen atoms in total. The van der Waals surface area contributed by atoms with Crippen LogP contribution in [0.15, 0.2) is 4.79 Å². The van der Waals surface area contributed by atoms with Crippen LogP contribution >= 0.6 is 0 Å². The molecule has 1 aliphatic rings. The summed E-state index contributed by atoms with van der Waals surface area (Å²) in [6, 6.07) is 0. The van der Waals surface area contributed by atoms with Gasteiger partial charge in [-0.05, 0) is 12.8 Å². The van der Waals surface area contributed by atoms with Crippen molar-refractivity contribution in [1.29, 1.82) is 0 Å². The highest BCUT2D eigenvalue weighted by Gasteiger charge is 2.23. The third-order valence-corrected chi connectivity index (χ3v) is 2.46. The molecule has 84 valence electrons. The Bertz CT molecular complexity index is 518. The lowest BCUT2D eigenvalue weighted by Crippen LogP contribution is -2.28. The van der Waals surface area contributed by atoms with Crippen molar-refractivity contribution in [1.82, 2.24) is 9.97 Å². The van der Waals surface area contributed by atoms with Crippen LogP contribution in [-0.4, -0.2) is 28.8 Å². The van der Waals surface area contributed by atoms with Crippen LogP contribution < -0.4 is 5.56 Å². The fourth-order valence-electron chi connectivity index (χ4n) is 1.68. The lowest BCUT2D eigenvalue weighted by atomic mass is 9.99. The average molecular weight is 222 g/mol. The molecule has 0 unspecified atom stereocenters. The minimum absolute atomic E-state index is 0.150. The van der Waals surface area contributed by atoms with Gasteiger partial charge in [-0.25, -0.2) is 9.78 Å². The van der Waals surface area contributed by atoms with Gasteiger partial charge < -0.3 is 9.72 Å². The number of carbonyl (C=O) groups is 2. The standard InChI is InChI=1S/C10H10N2O4/c1-16-10(15)8-9(14)11-5-3-2-4-6(13)7(5)12-8/h2-4H2,1H3,(H,11,14). The number of ketones is 1. The molecule has 2 rings (SSSR count). The van der Waals surface area contributed by atoms with Crippen LogP contribution in [0.4, 0.5) is 0 Å². The van der Waals surface area contributed by atoms with Gasteiger partial charge in [-0.1, -0.05) is 0 Å². The molecule has 0 saturated carbocycles. The first-order valence-electron chi connectivity index (χ1n) is 4.88. The molecule has 0 spiro atoms. The largest absolute Gasteiger partial charge is 0.464 e. The summed E-state index contributed by atoms with van der Waals surface area (Å²) in [7, 11) is 1.16. The highest BCUT2D eigenvalue weighted by atomic mass is 16.5. The molecule has 0 aromatic carbocycles. The first-order valence-corrected chi connectivity index (χ1v) is 4.88. The highest BCUT2D eigenvalue weighted by molar-refractivity contribution is 5.97. The van der Waals surface area contributed by atoms with Gasteiger partial charge in [-0.2, -0.15) is 0 Å². The molecular weight excluding hydrogens is 212 g/mol. The van der Waals surface area contributed by atoms with Crippen LogP contribution in [0.3, 0.4) is 0 Å². The van der Waals surface area contributed by atoms with Crippen LogP contribution in [0.2, 0.25) is 0 Å². The Hall–Kier alpha value is -1.98. The molecule has 0 bridgehead atoms. The van der Waals surface area contributed by atoms with E-state index < -0.39 is 11.5 Å². The van der Waals surface area contributed by atoms with Gasteiger partial charge in [0.1, 0.15) is 5.69 Å². The van der Waals surface area contributed by atoms with E-state index in [2.05, 4.69) is 14.7 Å². The van der Waals surface area contributed by atoms with Crippen molar-refractivity contribution >= 4 is 11.8 Å². The summed E-state index contributed by atoms with van der Waals surface area (Å²) in [5.74, 6) is -0.981. The highest BCUT2D eigenvalue weighted by Crippen LogP contribution is 2.16. The van der Waals surface area contributed by atoms with Gasteiger partial charge in [-0.3, -0.25) is 9.59 Å². The van der Waals surface area contributed by atoms with Crippen LogP contribution in [0, 0.1) is 0 Å². The topological polar surface area (TPSA) is 89.1 Å². The minimum atomic E-state index is -0.831. The number of aromatic amines is 1. The molecule has 0 radical (unpaired) electrons. The third-order valence-electron chi connectivity index (χ3n) is 2.46. The van der Waals surface area contributed by atoms with Crippen molar-refractivity contribution in [2.45, 2.75) is 19.3 Å². The van der Waals surface area contributed by atoms with E-state index in [9.17, 15) is 14.4 Å². The summed E-state index contributed by atoms with van der Waals surface area (Å²) in [6.07, 6.45) is 1.69. The number of ether oxygens (including phenoxy) is 1. The zero-order valence-electron chi connectivity index (χ0n) is 8.70. The summed E-state index contributed by atoms with van der Waals surface area (Å²) < 4.78 is 4.41. The maximum Gasteiger partial charge on any atom is 0.362 e. The van der Waals surface area contributed by atoms with Crippen molar-refractivity contribution < 1.29 is 14.3 Å². The number of methoxy groups -OCH3 is 1. The van der Waals surface area contributed by atoms with E-state index in [1.807, 2.05) is 0 Å². The van der Waals surface area contributed by atoms with Gasteiger partial charge in [0, 0.05) is 12.1 Å². The molecule has 16 heavy (non-hydrogen) atoms. The number of rotatable bonds is 1. The van der Waals surface area contributed by atoms with Crippen LogP contribution in [0.25, 0.3) is 0 Å². The van der Waals surface area contributed by atoms with E-state index in [0.29, 0.717) is 25.0 Å². The lowest BCUT2D eigenvalue weighted by Gasteiger charge is -2.13. The number of hydrogen-bond donors (Lipinski definition) is 1. The Morgan fingerprint density at radius 1 is 1.38 bits per heavy atom. The number of nitrogens with zero attached hydrogens (tertiary/aromatic N) is 1. The first kappa shape index (κ1) is 10.5. The molecule has 1 aromatic rings. The maximum absolute atomic E-state index is 11.5. The SMILES string of the molecule is COC(=O)c1nc2c([nH]c1=O)CCCC2=O. The summed E-state index contributed by atoms with van der Waals surface area (Å²) in [4.78, 5) is 40.5. The van der Waals surface area contributed by atoms with Crippen molar-refractivity contribution in [2.24, 2.45) is 0 Å². The number of esters is 1. The fraction of sp³-hybridized carbons (Fsp3) is 0.400. The predicted octanol–water partition coefficient (Wildman–Crippen LogP) is 0.0755. The Labute approximate surface area is 90.7 Å². The number of H-pyrrole nitrogens is 1. The Morgan fingerprint density at radius 2 is 2.12 bits per heavy atom. The zero-order chi connectivity index (χ0) is 11.7. The molecule has 0 atom stereocenters. The molecular formula is C10H10N2O4. The number of nitrogens with one attached hydrogen (secondary N) is 1. The van der Waals surface area contributed by atoms with Gasteiger partial charge in [0.2, 0.25) is 5.69 Å². The van der Waals surface area contributed by atoms with Gasteiger partial charge in [0.15, 0.2) is 5.78 Å². The number of carbonyl (C=O) groups excluding carboxylic acids is 2. The summed E-state index contributed by atoms with van der Waals surface area (Å²) >= 11 is 0. The number of fused-ring (bicyclic) bond motifs is 1. The predicted molar refractivity (Wildman–Crippen MR) is 53.5 cm³/mol. The first-order chi connectivity index (χ1) is 7.63. The minimum Gasteiger partial charge on any atom is -0.464 e. The normalized spacial score (nSPS) is 14.4. The molecule has 1 N–H and O–H groups in total. The summed E-state index contributed by atoms with van der Waals surface area (Å²) in [5, 5.41) is 0. The molecule has 1 aliphatic carbocycles. The van der Waals surface area contributed by atoms with Gasteiger partial charge in [0.25, 0.3) is 5.56 Å². The van der Waals surface area contributed by atoms with E-state index in [0.717, 1.165) is 7.11 Å². The Kier molecular flexibility index (Phi) is 2.55. The monoisotopic (exact) mass is 222 g/mol. The lowest BCUT2D eigenvalue weighted by molar-refractivity contribution is 0.0591. The van der Waals surface area contributed by atoms with Gasteiger partial charge in [0.05, 0.1) is 7.11 Å². The molecule has 0 fully saturated rings. The van der Waals surface area contributed by atoms with Crippen LogP contribution in [0.1, 0.15) is 39.5 Å². The number of aromatic nitrogens is 2. The third kappa shape index (κ3) is 1.62. The van der Waals surface area contributed by atoms with Crippen molar-refractivity contribution in [3.8, 4) is 0 Å². The maximum atomic E-state index is 11.5. The second kappa shape index (κ2) is 3.88. The second-order valence-electron chi connectivity index (χ2n) is 3.51. The molecule has 0 amide bonds. The number of Topliss-reactive ketones (excluding diaryl/α,β-unsaturated/α-hetero) is 1. The quantitative estimate of drug-likeness (QED) is 0.679. The van der Waals surface area contributed by atoms with Crippen molar-refractivity contribution in [3.05, 3.63) is 27.4 Å². The van der Waals surface area contributed by atoms with Crippen molar-refractivity contribution in [3.63, 3.8) is 0 Å². The Balaban J connectivity index is 2.59. The summed E-state index contributed by atoms with van der Waals surface area (Å²) in [6.45, 7) is 0. The van der Waals surface area contributed by atoms with E-state index in [4.69, 9.17) is 0 Å². The van der Waals surface area contributed by atoms with E-state index in [-0.39, 0.29) is 17.2 Å².